The van der Waals surface area contributed by atoms with E-state index in [2.05, 4.69) is 22.2 Å². The molecule has 0 saturated carbocycles. The van der Waals surface area contributed by atoms with Crippen molar-refractivity contribution in [1.29, 1.82) is 0 Å². The second kappa shape index (κ2) is 6.96. The van der Waals surface area contributed by atoms with Crippen molar-refractivity contribution in [3.63, 3.8) is 0 Å². The second-order valence-electron chi connectivity index (χ2n) is 5.08. The van der Waals surface area contributed by atoms with Crippen LogP contribution in [-0.4, -0.2) is 39.8 Å². The summed E-state index contributed by atoms with van der Waals surface area (Å²) in [6, 6.07) is 7.27. The molecule has 0 aliphatic carbocycles. The maximum Gasteiger partial charge on any atom is 0.290 e. The van der Waals surface area contributed by atoms with E-state index in [1.54, 1.807) is 36.6 Å². The third kappa shape index (κ3) is 2.96. The van der Waals surface area contributed by atoms with Gasteiger partial charge in [0.15, 0.2) is 11.5 Å². The highest BCUT2D eigenvalue weighted by Gasteiger charge is 2.14. The van der Waals surface area contributed by atoms with Gasteiger partial charge in [0.25, 0.3) is 5.56 Å². The lowest BCUT2D eigenvalue weighted by atomic mass is 10.1. The van der Waals surface area contributed by atoms with Gasteiger partial charge in [-0.2, -0.15) is 5.10 Å². The van der Waals surface area contributed by atoms with Crippen molar-refractivity contribution in [1.82, 2.24) is 19.8 Å². The molecule has 3 aromatic rings. The number of hydrogen-bond donors (Lipinski definition) is 1. The SMILES string of the molecule is CCCSc1n[nH]c(=O)c2cc(-c3ccc(OC)c(OC)c3)nn12. The summed E-state index contributed by atoms with van der Waals surface area (Å²) in [4.78, 5) is 12.0. The Morgan fingerprint density at radius 2 is 2.00 bits per heavy atom. The number of aromatic amines is 1. The molecule has 0 saturated heterocycles. The normalized spacial score (nSPS) is 11.0. The maximum atomic E-state index is 12.0. The molecule has 0 unspecified atom stereocenters. The highest BCUT2D eigenvalue weighted by molar-refractivity contribution is 7.99. The lowest BCUT2D eigenvalue weighted by molar-refractivity contribution is 0.355. The van der Waals surface area contributed by atoms with E-state index < -0.39 is 0 Å². The molecular weight excluding hydrogens is 328 g/mol. The Kier molecular flexibility index (Phi) is 4.75. The minimum atomic E-state index is -0.268. The summed E-state index contributed by atoms with van der Waals surface area (Å²) in [6.07, 6.45) is 1.01. The van der Waals surface area contributed by atoms with Gasteiger partial charge in [0.05, 0.1) is 19.9 Å². The first-order valence-electron chi connectivity index (χ1n) is 7.51. The zero-order chi connectivity index (χ0) is 17.1. The number of H-pyrrole nitrogens is 1. The molecule has 3 rings (SSSR count). The summed E-state index contributed by atoms with van der Waals surface area (Å²) in [5, 5.41) is 11.8. The van der Waals surface area contributed by atoms with Gasteiger partial charge in [0.2, 0.25) is 5.16 Å². The molecule has 1 aromatic carbocycles. The van der Waals surface area contributed by atoms with Crippen molar-refractivity contribution in [2.75, 3.05) is 20.0 Å². The van der Waals surface area contributed by atoms with E-state index in [-0.39, 0.29) is 5.56 Å². The fourth-order valence-electron chi connectivity index (χ4n) is 2.32. The topological polar surface area (TPSA) is 81.5 Å². The van der Waals surface area contributed by atoms with E-state index in [1.807, 2.05) is 18.2 Å². The van der Waals surface area contributed by atoms with Crippen LogP contribution in [0.5, 0.6) is 11.5 Å². The molecule has 7 nitrogen and oxygen atoms in total. The van der Waals surface area contributed by atoms with E-state index in [1.165, 1.54) is 0 Å². The Balaban J connectivity index is 2.11. The molecule has 0 amide bonds. The maximum absolute atomic E-state index is 12.0. The number of ether oxygens (including phenoxy) is 2. The third-order valence-electron chi connectivity index (χ3n) is 3.49. The summed E-state index contributed by atoms with van der Waals surface area (Å²) < 4.78 is 12.2. The predicted molar refractivity (Wildman–Crippen MR) is 93.2 cm³/mol. The summed E-state index contributed by atoms with van der Waals surface area (Å²) in [7, 11) is 3.17. The molecule has 0 aliphatic heterocycles. The van der Waals surface area contributed by atoms with E-state index in [9.17, 15) is 4.79 Å². The van der Waals surface area contributed by atoms with Gasteiger partial charge in [-0.3, -0.25) is 4.79 Å². The number of aromatic nitrogens is 4. The Morgan fingerprint density at radius 1 is 1.21 bits per heavy atom. The average molecular weight is 346 g/mol. The van der Waals surface area contributed by atoms with Crippen LogP contribution in [-0.2, 0) is 0 Å². The summed E-state index contributed by atoms with van der Waals surface area (Å²) in [6.45, 7) is 2.09. The van der Waals surface area contributed by atoms with Gasteiger partial charge in [-0.25, -0.2) is 9.61 Å². The number of hydrogen-bond acceptors (Lipinski definition) is 6. The molecule has 126 valence electrons. The van der Waals surface area contributed by atoms with Crippen LogP contribution < -0.4 is 15.0 Å². The number of nitrogens with one attached hydrogen (secondary N) is 1. The molecule has 1 N–H and O–H groups in total. The Hall–Kier alpha value is -2.48. The Labute approximate surface area is 143 Å². The number of nitrogens with zero attached hydrogens (tertiary/aromatic N) is 3. The first-order valence-corrected chi connectivity index (χ1v) is 8.50. The zero-order valence-electron chi connectivity index (χ0n) is 13.7. The van der Waals surface area contributed by atoms with Gasteiger partial charge in [-0.15, -0.1) is 5.10 Å². The predicted octanol–water partition coefficient (Wildman–Crippen LogP) is 2.60. The standard InChI is InChI=1S/C16H18N4O3S/c1-4-7-24-16-18-17-15(21)12-9-11(19-20(12)16)10-5-6-13(22-2)14(8-10)23-3/h5-6,8-9H,4,7H2,1-3H3,(H,17,21). The molecule has 2 aromatic heterocycles. The molecule has 0 bridgehead atoms. The van der Waals surface area contributed by atoms with Crippen LogP contribution in [0.25, 0.3) is 16.8 Å². The number of methoxy groups -OCH3 is 2. The van der Waals surface area contributed by atoms with Gasteiger partial charge >= 0.3 is 0 Å². The summed E-state index contributed by atoms with van der Waals surface area (Å²) >= 11 is 1.56. The molecule has 24 heavy (non-hydrogen) atoms. The molecule has 0 atom stereocenters. The second-order valence-corrected chi connectivity index (χ2v) is 6.14. The minimum Gasteiger partial charge on any atom is -0.493 e. The highest BCUT2D eigenvalue weighted by Crippen LogP contribution is 2.32. The van der Waals surface area contributed by atoms with Crippen LogP contribution in [0.3, 0.4) is 0 Å². The quantitative estimate of drug-likeness (QED) is 0.691. The molecule has 8 heteroatoms. The average Bonchev–Trinajstić information content (AvgIpc) is 3.07. The number of rotatable bonds is 6. The van der Waals surface area contributed by atoms with E-state index in [4.69, 9.17) is 9.47 Å². The van der Waals surface area contributed by atoms with Crippen LogP contribution in [0.2, 0.25) is 0 Å². The molecule has 0 fully saturated rings. The zero-order valence-corrected chi connectivity index (χ0v) is 14.5. The van der Waals surface area contributed by atoms with Crippen molar-refractivity contribution in [2.45, 2.75) is 18.5 Å². The third-order valence-corrected chi connectivity index (χ3v) is 4.63. The van der Waals surface area contributed by atoms with Crippen LogP contribution >= 0.6 is 11.8 Å². The smallest absolute Gasteiger partial charge is 0.290 e. The Morgan fingerprint density at radius 3 is 2.71 bits per heavy atom. The Bertz CT molecular complexity index is 919. The van der Waals surface area contributed by atoms with Crippen molar-refractivity contribution in [3.05, 3.63) is 34.6 Å². The first-order chi connectivity index (χ1) is 11.7. The van der Waals surface area contributed by atoms with E-state index in [0.29, 0.717) is 27.9 Å². The monoisotopic (exact) mass is 346 g/mol. The van der Waals surface area contributed by atoms with Gasteiger partial charge in [-0.1, -0.05) is 18.7 Å². The van der Waals surface area contributed by atoms with Gasteiger partial charge in [0.1, 0.15) is 5.52 Å². The number of thioether (sulfide) groups is 1. The van der Waals surface area contributed by atoms with Gasteiger partial charge < -0.3 is 9.47 Å². The largest absolute Gasteiger partial charge is 0.493 e. The lowest BCUT2D eigenvalue weighted by Crippen LogP contribution is -2.13. The first kappa shape index (κ1) is 16.4. The van der Waals surface area contributed by atoms with Gasteiger partial charge in [0, 0.05) is 11.3 Å². The van der Waals surface area contributed by atoms with Gasteiger partial charge in [-0.05, 0) is 30.7 Å². The van der Waals surface area contributed by atoms with Crippen LogP contribution in [0.15, 0.2) is 34.2 Å². The number of fused-ring (bicyclic) bond motifs is 1. The highest BCUT2D eigenvalue weighted by atomic mass is 32.2. The molecular formula is C16H18N4O3S. The van der Waals surface area contributed by atoms with Crippen molar-refractivity contribution in [3.8, 4) is 22.8 Å². The van der Waals surface area contributed by atoms with E-state index >= 15 is 0 Å². The molecule has 0 radical (unpaired) electrons. The fraction of sp³-hybridized carbons (Fsp3) is 0.312. The summed E-state index contributed by atoms with van der Waals surface area (Å²) in [5.74, 6) is 2.16. The van der Waals surface area contributed by atoms with Crippen LogP contribution in [0, 0.1) is 0 Å². The minimum absolute atomic E-state index is 0.268. The van der Waals surface area contributed by atoms with Crippen molar-refractivity contribution in [2.24, 2.45) is 0 Å². The lowest BCUT2D eigenvalue weighted by Gasteiger charge is -2.08. The van der Waals surface area contributed by atoms with E-state index in [0.717, 1.165) is 17.7 Å². The molecule has 0 aliphatic rings. The van der Waals surface area contributed by atoms with Crippen LogP contribution in [0.4, 0.5) is 0 Å². The van der Waals surface area contributed by atoms with Crippen molar-refractivity contribution >= 4 is 17.3 Å². The molecule has 2 heterocycles. The van der Waals surface area contributed by atoms with Crippen LogP contribution in [0.1, 0.15) is 13.3 Å². The van der Waals surface area contributed by atoms with Crippen molar-refractivity contribution < 1.29 is 9.47 Å². The fourth-order valence-corrected chi connectivity index (χ4v) is 3.07. The molecule has 0 spiro atoms. The summed E-state index contributed by atoms with van der Waals surface area (Å²) in [5.41, 5.74) is 1.71. The number of benzene rings is 1.